The van der Waals surface area contributed by atoms with Crippen LogP contribution in [0, 0.1) is 23.7 Å². The predicted molar refractivity (Wildman–Crippen MR) is 41.9 cm³/mol. The van der Waals surface area contributed by atoms with E-state index < -0.39 is 0 Å². The van der Waals surface area contributed by atoms with Gasteiger partial charge in [0, 0.05) is 6.42 Å². The molecule has 0 aromatic heterocycles. The molecule has 56 valence electrons. The molecule has 0 saturated heterocycles. The maximum atomic E-state index is 11.4. The number of Topliss-reactive ketones (excluding diaryl/α,β-unsaturated/α-hetero) is 1. The van der Waals surface area contributed by atoms with Crippen molar-refractivity contribution < 1.29 is 4.79 Å². The van der Waals surface area contributed by atoms with Gasteiger partial charge in [0.15, 0.2) is 0 Å². The monoisotopic (exact) mass is 146 g/mol. The standard InChI is InChI=1S/C10H10O/c11-10-5-9-7-3-1-6(10)2-4-8(7)9/h1-4,6-9H,5H2. The lowest BCUT2D eigenvalue weighted by atomic mass is 10.0. The van der Waals surface area contributed by atoms with Crippen LogP contribution in [0.3, 0.4) is 0 Å². The summed E-state index contributed by atoms with van der Waals surface area (Å²) in [6.07, 6.45) is 9.46. The third-order valence-electron chi connectivity index (χ3n) is 3.18. The molecule has 1 nitrogen and oxygen atoms in total. The molecule has 2 atom stereocenters. The van der Waals surface area contributed by atoms with Crippen LogP contribution in [-0.4, -0.2) is 5.78 Å². The number of allylic oxidation sites excluding steroid dienone is 4. The third-order valence-corrected chi connectivity index (χ3v) is 3.18. The average Bonchev–Trinajstić information content (AvgIpc) is 2.65. The number of carbonyl (C=O) groups is 1. The van der Waals surface area contributed by atoms with Crippen LogP contribution in [-0.2, 0) is 4.79 Å². The lowest BCUT2D eigenvalue weighted by Gasteiger charge is -2.00. The molecule has 0 aliphatic heterocycles. The maximum Gasteiger partial charge on any atom is 0.143 e. The van der Waals surface area contributed by atoms with Crippen LogP contribution in [0.5, 0.6) is 0 Å². The molecule has 4 aliphatic carbocycles. The van der Waals surface area contributed by atoms with Gasteiger partial charge in [-0.25, -0.2) is 0 Å². The number of ketones is 1. The van der Waals surface area contributed by atoms with Gasteiger partial charge < -0.3 is 0 Å². The van der Waals surface area contributed by atoms with E-state index in [1.165, 1.54) is 0 Å². The molecule has 0 spiro atoms. The fraction of sp³-hybridized carbons (Fsp3) is 0.500. The van der Waals surface area contributed by atoms with Gasteiger partial charge >= 0.3 is 0 Å². The summed E-state index contributed by atoms with van der Waals surface area (Å²) in [5.41, 5.74) is 0. The molecule has 1 heteroatoms. The first-order valence-electron chi connectivity index (χ1n) is 4.25. The van der Waals surface area contributed by atoms with Gasteiger partial charge in [0.1, 0.15) is 5.78 Å². The lowest BCUT2D eigenvalue weighted by molar-refractivity contribution is -0.120. The summed E-state index contributed by atoms with van der Waals surface area (Å²) in [6, 6.07) is 0. The Morgan fingerprint density at radius 2 is 1.73 bits per heavy atom. The van der Waals surface area contributed by atoms with Crippen molar-refractivity contribution in [3.8, 4) is 0 Å². The summed E-state index contributed by atoms with van der Waals surface area (Å²) >= 11 is 0. The van der Waals surface area contributed by atoms with Gasteiger partial charge in [0.25, 0.3) is 0 Å². The topological polar surface area (TPSA) is 17.1 Å². The van der Waals surface area contributed by atoms with E-state index in [0.29, 0.717) is 23.5 Å². The summed E-state index contributed by atoms with van der Waals surface area (Å²) in [4.78, 5) is 11.4. The maximum absolute atomic E-state index is 11.4. The van der Waals surface area contributed by atoms with E-state index in [2.05, 4.69) is 24.3 Å². The van der Waals surface area contributed by atoms with Gasteiger partial charge in [0.2, 0.25) is 0 Å². The highest BCUT2D eigenvalue weighted by molar-refractivity contribution is 5.86. The third kappa shape index (κ3) is 0.635. The molecule has 0 aromatic carbocycles. The predicted octanol–water partition coefficient (Wildman–Crippen LogP) is 1.56. The summed E-state index contributed by atoms with van der Waals surface area (Å²) in [7, 11) is 0. The van der Waals surface area contributed by atoms with Crippen molar-refractivity contribution in [2.45, 2.75) is 6.42 Å². The first-order valence-corrected chi connectivity index (χ1v) is 4.25. The number of hydrogen-bond donors (Lipinski definition) is 0. The van der Waals surface area contributed by atoms with Crippen molar-refractivity contribution in [1.82, 2.24) is 0 Å². The zero-order valence-electron chi connectivity index (χ0n) is 6.23. The number of hydrogen-bond acceptors (Lipinski definition) is 1. The Hall–Kier alpha value is -0.850. The lowest BCUT2D eigenvalue weighted by Crippen LogP contribution is -2.07. The SMILES string of the molecule is O=C1CC2C3C=CC1C=CC32. The summed E-state index contributed by atoms with van der Waals surface area (Å²) in [5.74, 6) is 2.63. The summed E-state index contributed by atoms with van der Waals surface area (Å²) in [5, 5.41) is 0. The van der Waals surface area contributed by atoms with Gasteiger partial charge in [-0.1, -0.05) is 24.3 Å². The second kappa shape index (κ2) is 1.66. The minimum atomic E-state index is 0.120. The molecular formula is C10H10O. The fourth-order valence-corrected chi connectivity index (χ4v) is 2.39. The van der Waals surface area contributed by atoms with Crippen LogP contribution in [0.4, 0.5) is 0 Å². The zero-order chi connectivity index (χ0) is 7.42. The van der Waals surface area contributed by atoms with Crippen LogP contribution in [0.1, 0.15) is 6.42 Å². The van der Waals surface area contributed by atoms with Gasteiger partial charge in [-0.05, 0) is 17.8 Å². The Bertz CT molecular complexity index is 255. The Kier molecular flexibility index (Phi) is 0.867. The highest BCUT2D eigenvalue weighted by atomic mass is 16.1. The second-order valence-corrected chi connectivity index (χ2v) is 3.78. The highest BCUT2D eigenvalue weighted by Gasteiger charge is 2.50. The van der Waals surface area contributed by atoms with E-state index in [4.69, 9.17) is 0 Å². The minimum absolute atomic E-state index is 0.120. The van der Waals surface area contributed by atoms with E-state index >= 15 is 0 Å². The largest absolute Gasteiger partial charge is 0.299 e. The Morgan fingerprint density at radius 3 is 2.36 bits per heavy atom. The minimum Gasteiger partial charge on any atom is -0.299 e. The van der Waals surface area contributed by atoms with Gasteiger partial charge in [-0.15, -0.1) is 0 Å². The molecular weight excluding hydrogens is 136 g/mol. The van der Waals surface area contributed by atoms with Crippen molar-refractivity contribution in [3.63, 3.8) is 0 Å². The van der Waals surface area contributed by atoms with Crippen LogP contribution in [0.15, 0.2) is 24.3 Å². The molecule has 0 radical (unpaired) electrons. The van der Waals surface area contributed by atoms with E-state index in [-0.39, 0.29) is 5.92 Å². The van der Waals surface area contributed by atoms with Crippen molar-refractivity contribution in [3.05, 3.63) is 24.3 Å². The molecule has 4 bridgehead atoms. The normalized spacial score (nSPS) is 50.7. The molecule has 0 aromatic rings. The van der Waals surface area contributed by atoms with E-state index in [1.54, 1.807) is 0 Å². The summed E-state index contributed by atoms with van der Waals surface area (Å²) in [6.45, 7) is 0. The number of carbonyl (C=O) groups excluding carboxylic acids is 1. The second-order valence-electron chi connectivity index (χ2n) is 3.78. The molecule has 11 heavy (non-hydrogen) atoms. The molecule has 0 amide bonds. The van der Waals surface area contributed by atoms with Crippen molar-refractivity contribution in [2.24, 2.45) is 23.7 Å². The average molecular weight is 146 g/mol. The molecule has 1 fully saturated rings. The molecule has 0 N–H and O–H groups in total. The molecule has 4 rings (SSSR count). The Balaban J connectivity index is 2.12. The first-order chi connectivity index (χ1) is 5.36. The zero-order valence-corrected chi connectivity index (χ0v) is 6.23. The number of fused-ring (bicyclic) bond motifs is 1. The fourth-order valence-electron chi connectivity index (χ4n) is 2.39. The van der Waals surface area contributed by atoms with Crippen molar-refractivity contribution in [1.29, 1.82) is 0 Å². The molecule has 4 aliphatic rings. The van der Waals surface area contributed by atoms with E-state index in [9.17, 15) is 4.79 Å². The van der Waals surface area contributed by atoms with Crippen LogP contribution >= 0.6 is 0 Å². The summed E-state index contributed by atoms with van der Waals surface area (Å²) < 4.78 is 0. The van der Waals surface area contributed by atoms with E-state index in [0.717, 1.165) is 6.42 Å². The van der Waals surface area contributed by atoms with Crippen molar-refractivity contribution in [2.75, 3.05) is 0 Å². The number of rotatable bonds is 0. The highest BCUT2D eigenvalue weighted by Crippen LogP contribution is 2.54. The smallest absolute Gasteiger partial charge is 0.143 e. The van der Waals surface area contributed by atoms with Crippen LogP contribution < -0.4 is 0 Å². The van der Waals surface area contributed by atoms with E-state index in [1.807, 2.05) is 0 Å². The molecule has 2 unspecified atom stereocenters. The Labute approximate surface area is 65.8 Å². The Morgan fingerprint density at radius 1 is 1.09 bits per heavy atom. The van der Waals surface area contributed by atoms with Crippen LogP contribution in [0.25, 0.3) is 0 Å². The van der Waals surface area contributed by atoms with Gasteiger partial charge in [-0.2, -0.15) is 0 Å². The van der Waals surface area contributed by atoms with Gasteiger partial charge in [-0.3, -0.25) is 4.79 Å². The van der Waals surface area contributed by atoms with Crippen molar-refractivity contribution >= 4 is 5.78 Å². The molecule has 0 heterocycles. The van der Waals surface area contributed by atoms with Gasteiger partial charge in [0.05, 0.1) is 5.92 Å². The molecule has 1 saturated carbocycles. The van der Waals surface area contributed by atoms with Crippen LogP contribution in [0.2, 0.25) is 0 Å². The first kappa shape index (κ1) is 5.76. The quantitative estimate of drug-likeness (QED) is 0.474.